The lowest BCUT2D eigenvalue weighted by molar-refractivity contribution is 0.833. The monoisotopic (exact) mass is 291 g/mol. The zero-order valence-electron chi connectivity index (χ0n) is 10.3. The number of rotatable bonds is 2. The lowest BCUT2D eigenvalue weighted by Gasteiger charge is -2.02. The first-order chi connectivity index (χ1) is 9.19. The van der Waals surface area contributed by atoms with E-state index in [1.54, 1.807) is 4.68 Å². The fourth-order valence-corrected chi connectivity index (χ4v) is 2.22. The molecule has 0 N–H and O–H groups in total. The van der Waals surface area contributed by atoms with Crippen LogP contribution in [0, 0.1) is 6.92 Å². The van der Waals surface area contributed by atoms with Crippen LogP contribution in [0.15, 0.2) is 29.4 Å². The molecule has 0 radical (unpaired) electrons. The van der Waals surface area contributed by atoms with Gasteiger partial charge < -0.3 is 0 Å². The maximum Gasteiger partial charge on any atom is 0.209 e. The highest BCUT2D eigenvalue weighted by Gasteiger charge is 2.13. The van der Waals surface area contributed by atoms with Crippen molar-refractivity contribution in [1.29, 1.82) is 0 Å². The second-order valence-corrected chi connectivity index (χ2v) is 5.15. The number of hydrogen-bond donors (Lipinski definition) is 0. The third-order valence-corrected chi connectivity index (χ3v) is 3.49. The molecular formula is C12H10ClN5S. The van der Waals surface area contributed by atoms with E-state index in [0.29, 0.717) is 15.8 Å². The summed E-state index contributed by atoms with van der Waals surface area (Å²) in [5.41, 5.74) is 3.14. The van der Waals surface area contributed by atoms with Gasteiger partial charge in [0.1, 0.15) is 5.52 Å². The van der Waals surface area contributed by atoms with Gasteiger partial charge in [0.25, 0.3) is 0 Å². The minimum absolute atomic E-state index is 0.645. The Morgan fingerprint density at radius 2 is 1.89 bits per heavy atom. The van der Waals surface area contributed by atoms with Crippen LogP contribution in [-0.2, 0) is 0 Å². The summed E-state index contributed by atoms with van der Waals surface area (Å²) in [6.07, 6.45) is 1.92. The quantitative estimate of drug-likeness (QED) is 0.680. The summed E-state index contributed by atoms with van der Waals surface area (Å²) in [5, 5.41) is 14.1. The van der Waals surface area contributed by atoms with E-state index in [9.17, 15) is 0 Å². The van der Waals surface area contributed by atoms with Crippen molar-refractivity contribution in [1.82, 2.24) is 25.0 Å². The Balaban J connectivity index is 2.22. The molecule has 0 atom stereocenters. The molecule has 2 heterocycles. The van der Waals surface area contributed by atoms with Gasteiger partial charge in [-0.3, -0.25) is 0 Å². The van der Waals surface area contributed by atoms with Gasteiger partial charge in [-0.25, -0.2) is 9.67 Å². The van der Waals surface area contributed by atoms with Crippen LogP contribution in [0.4, 0.5) is 0 Å². The van der Waals surface area contributed by atoms with Crippen LogP contribution < -0.4 is 0 Å². The second-order valence-electron chi connectivity index (χ2n) is 3.94. The molecule has 96 valence electrons. The van der Waals surface area contributed by atoms with Gasteiger partial charge >= 0.3 is 0 Å². The molecule has 3 rings (SSSR count). The highest BCUT2D eigenvalue weighted by atomic mass is 35.5. The summed E-state index contributed by atoms with van der Waals surface area (Å²) >= 11 is 7.35. The van der Waals surface area contributed by atoms with Crippen molar-refractivity contribution in [2.75, 3.05) is 6.26 Å². The van der Waals surface area contributed by atoms with Gasteiger partial charge in [-0.2, -0.15) is 5.10 Å². The van der Waals surface area contributed by atoms with E-state index in [4.69, 9.17) is 11.6 Å². The van der Waals surface area contributed by atoms with Crippen LogP contribution in [0.2, 0.25) is 5.02 Å². The number of benzene rings is 1. The van der Waals surface area contributed by atoms with Gasteiger partial charge in [0.05, 0.1) is 11.4 Å². The first-order valence-electron chi connectivity index (χ1n) is 5.59. The first kappa shape index (κ1) is 12.4. The Morgan fingerprint density at radius 3 is 2.58 bits per heavy atom. The summed E-state index contributed by atoms with van der Waals surface area (Å²) in [6, 6.07) is 7.41. The van der Waals surface area contributed by atoms with Crippen molar-refractivity contribution in [3.63, 3.8) is 0 Å². The molecule has 5 nitrogen and oxygen atoms in total. The largest absolute Gasteiger partial charge is 0.216 e. The van der Waals surface area contributed by atoms with E-state index in [2.05, 4.69) is 20.3 Å². The predicted octanol–water partition coefficient (Wildman–Crippen LogP) is 2.89. The molecular weight excluding hydrogens is 282 g/mol. The van der Waals surface area contributed by atoms with Crippen LogP contribution in [0.1, 0.15) is 5.69 Å². The second kappa shape index (κ2) is 4.79. The maximum atomic E-state index is 5.89. The number of aryl methyl sites for hydroxylation is 1. The van der Waals surface area contributed by atoms with Crippen LogP contribution in [0.3, 0.4) is 0 Å². The van der Waals surface area contributed by atoms with Crippen LogP contribution >= 0.6 is 23.4 Å². The molecule has 0 aliphatic rings. The first-order valence-corrected chi connectivity index (χ1v) is 7.19. The number of nitrogens with zero attached hydrogens (tertiary/aromatic N) is 5. The van der Waals surface area contributed by atoms with E-state index in [0.717, 1.165) is 16.9 Å². The third kappa shape index (κ3) is 2.17. The molecule has 0 saturated heterocycles. The molecule has 0 aliphatic heterocycles. The summed E-state index contributed by atoms with van der Waals surface area (Å²) in [7, 11) is 0. The van der Waals surface area contributed by atoms with E-state index in [-0.39, 0.29) is 0 Å². The number of hydrogen-bond acceptors (Lipinski definition) is 5. The van der Waals surface area contributed by atoms with E-state index in [1.807, 2.05) is 37.4 Å². The number of aromatic nitrogens is 5. The Labute approximate surface area is 119 Å². The molecule has 0 unspecified atom stereocenters. The highest BCUT2D eigenvalue weighted by Crippen LogP contribution is 2.20. The Bertz CT molecular complexity index is 738. The fraction of sp³-hybridized carbons (Fsp3) is 0.167. The predicted molar refractivity (Wildman–Crippen MR) is 76.0 cm³/mol. The van der Waals surface area contributed by atoms with Gasteiger partial charge in [0.15, 0.2) is 0 Å². The van der Waals surface area contributed by atoms with Gasteiger partial charge in [0, 0.05) is 5.02 Å². The van der Waals surface area contributed by atoms with E-state index < -0.39 is 0 Å². The van der Waals surface area contributed by atoms with Crippen molar-refractivity contribution in [3.05, 3.63) is 35.0 Å². The van der Waals surface area contributed by atoms with E-state index in [1.165, 1.54) is 11.8 Å². The third-order valence-electron chi connectivity index (χ3n) is 2.70. The average molecular weight is 292 g/mol. The highest BCUT2D eigenvalue weighted by molar-refractivity contribution is 7.98. The van der Waals surface area contributed by atoms with Crippen molar-refractivity contribution >= 4 is 34.5 Å². The minimum atomic E-state index is 0.645. The zero-order chi connectivity index (χ0) is 13.4. The summed E-state index contributed by atoms with van der Waals surface area (Å²) < 4.78 is 1.73. The minimum Gasteiger partial charge on any atom is -0.216 e. The number of thioether (sulfide) groups is 1. The topological polar surface area (TPSA) is 56.5 Å². The summed E-state index contributed by atoms with van der Waals surface area (Å²) in [5.74, 6) is 0. The molecule has 0 amide bonds. The van der Waals surface area contributed by atoms with E-state index >= 15 is 0 Å². The summed E-state index contributed by atoms with van der Waals surface area (Å²) in [4.78, 5) is 4.44. The molecule has 0 aliphatic carbocycles. The molecule has 3 aromatic rings. The molecule has 2 aromatic heterocycles. The SMILES string of the molecule is CSc1nnc2c(n1)c(C)nn2-c1ccc(Cl)cc1. The lowest BCUT2D eigenvalue weighted by Crippen LogP contribution is -1.99. The molecule has 0 spiro atoms. The number of halogens is 1. The average Bonchev–Trinajstić information content (AvgIpc) is 2.76. The zero-order valence-corrected chi connectivity index (χ0v) is 11.9. The fourth-order valence-electron chi connectivity index (χ4n) is 1.78. The number of fused-ring (bicyclic) bond motifs is 1. The van der Waals surface area contributed by atoms with Gasteiger partial charge in [0.2, 0.25) is 10.8 Å². The summed E-state index contributed by atoms with van der Waals surface area (Å²) in [6.45, 7) is 1.91. The van der Waals surface area contributed by atoms with Crippen molar-refractivity contribution < 1.29 is 0 Å². The maximum absolute atomic E-state index is 5.89. The molecule has 0 fully saturated rings. The van der Waals surface area contributed by atoms with Crippen molar-refractivity contribution in [2.45, 2.75) is 12.1 Å². The molecule has 1 aromatic carbocycles. The van der Waals surface area contributed by atoms with Crippen LogP contribution in [0.25, 0.3) is 16.9 Å². The molecule has 0 bridgehead atoms. The van der Waals surface area contributed by atoms with Gasteiger partial charge in [-0.1, -0.05) is 23.4 Å². The Kier molecular flexibility index (Phi) is 3.12. The van der Waals surface area contributed by atoms with Crippen LogP contribution in [0.5, 0.6) is 0 Å². The smallest absolute Gasteiger partial charge is 0.209 e. The van der Waals surface area contributed by atoms with Crippen LogP contribution in [-0.4, -0.2) is 31.2 Å². The molecule has 7 heteroatoms. The lowest BCUT2D eigenvalue weighted by atomic mass is 10.3. The Hall–Kier alpha value is -1.66. The van der Waals surface area contributed by atoms with Crippen molar-refractivity contribution in [3.8, 4) is 5.69 Å². The standard InChI is InChI=1S/C12H10ClN5S/c1-7-10-11(15-16-12(14-10)19-2)18(17-7)9-5-3-8(13)4-6-9/h3-6H,1-2H3. The molecule has 0 saturated carbocycles. The normalized spacial score (nSPS) is 11.1. The van der Waals surface area contributed by atoms with Gasteiger partial charge in [-0.05, 0) is 37.4 Å². The van der Waals surface area contributed by atoms with Crippen molar-refractivity contribution in [2.24, 2.45) is 0 Å². The molecule has 19 heavy (non-hydrogen) atoms. The Morgan fingerprint density at radius 1 is 1.16 bits per heavy atom. The van der Waals surface area contributed by atoms with Gasteiger partial charge in [-0.15, -0.1) is 10.2 Å².